The van der Waals surface area contributed by atoms with Crippen LogP contribution in [-0.4, -0.2) is 29.6 Å². The second kappa shape index (κ2) is 10.9. The number of esters is 1. The van der Waals surface area contributed by atoms with Gasteiger partial charge in [-0.15, -0.1) is 0 Å². The molecule has 0 aromatic heterocycles. The van der Waals surface area contributed by atoms with Gasteiger partial charge < -0.3 is 15.3 Å². The van der Waals surface area contributed by atoms with E-state index < -0.39 is 11.4 Å². The Morgan fingerprint density at radius 1 is 0.828 bits per heavy atom. The molecule has 2 N–H and O–H groups in total. The van der Waals surface area contributed by atoms with Crippen LogP contribution in [0.5, 0.6) is 0 Å². The Labute approximate surface area is 219 Å². The molecule has 2 aromatic carbocycles. The molecule has 0 atom stereocenters. The molecule has 0 aliphatic heterocycles. The van der Waals surface area contributed by atoms with E-state index in [-0.39, 0.29) is 46.4 Å². The van der Waals surface area contributed by atoms with Crippen LogP contribution in [0.2, 0.25) is 0 Å². The van der Waals surface area contributed by atoms with Crippen molar-refractivity contribution in [2.24, 2.45) is 0 Å². The van der Waals surface area contributed by atoms with Crippen LogP contribution >= 0.6 is 45.2 Å². The van der Waals surface area contributed by atoms with Gasteiger partial charge in [-0.1, -0.05) is 24.3 Å². The number of hydrogen-bond acceptors (Lipinski definition) is 4. The summed E-state index contributed by atoms with van der Waals surface area (Å²) in [6.45, 7) is 0. The fourth-order valence-electron chi connectivity index (χ4n) is 3.22. The largest absolute Gasteiger partial charge is 1.00 e. The summed E-state index contributed by atoms with van der Waals surface area (Å²) >= 11 is 4.47. The van der Waals surface area contributed by atoms with Crippen molar-refractivity contribution in [3.05, 3.63) is 66.8 Å². The number of carbonyl (C=O) groups is 2. The predicted molar refractivity (Wildman–Crippen MR) is 122 cm³/mol. The molecule has 2 aromatic rings. The number of carbonyl (C=O) groups excluding carboxylic acids is 1. The minimum atomic E-state index is -0.686. The van der Waals surface area contributed by atoms with Crippen LogP contribution in [-0.2, 0) is 25.2 Å². The number of carboxylic acids is 1. The van der Waals surface area contributed by atoms with Gasteiger partial charge in [0.1, 0.15) is 0 Å². The van der Waals surface area contributed by atoms with Gasteiger partial charge in [0.05, 0.1) is 17.9 Å². The van der Waals surface area contributed by atoms with E-state index in [1.807, 2.05) is 48.5 Å². The summed E-state index contributed by atoms with van der Waals surface area (Å²) in [5.74, 6) is -0.785. The molecule has 0 spiro atoms. The molecule has 2 aliphatic carbocycles. The van der Waals surface area contributed by atoms with Crippen LogP contribution in [0, 0.1) is 7.14 Å². The first-order valence-electron chi connectivity index (χ1n) is 8.68. The zero-order chi connectivity index (χ0) is 19.7. The van der Waals surface area contributed by atoms with Gasteiger partial charge in [-0.3, -0.25) is 9.59 Å². The molecule has 150 valence electrons. The van der Waals surface area contributed by atoms with E-state index in [0.29, 0.717) is 0 Å². The summed E-state index contributed by atoms with van der Waals surface area (Å²) in [6, 6.07) is 15.8. The van der Waals surface area contributed by atoms with Crippen LogP contribution in [0.1, 0.15) is 36.8 Å². The zero-order valence-corrected chi connectivity index (χ0v) is 22.6. The van der Waals surface area contributed by atoms with Crippen molar-refractivity contribution in [3.63, 3.8) is 0 Å². The number of halogens is 2. The van der Waals surface area contributed by atoms with E-state index in [2.05, 4.69) is 45.2 Å². The van der Waals surface area contributed by atoms with Crippen LogP contribution in [0.25, 0.3) is 0 Å². The molecule has 0 bridgehead atoms. The van der Waals surface area contributed by atoms with Gasteiger partial charge in [-0.05, 0) is 106 Å². The summed E-state index contributed by atoms with van der Waals surface area (Å²) in [5, 5.41) is 9.02. The molecule has 0 heterocycles. The van der Waals surface area contributed by atoms with Crippen molar-refractivity contribution in [3.8, 4) is 0 Å². The quantitative estimate of drug-likeness (QED) is 0.316. The molecule has 0 amide bonds. The van der Waals surface area contributed by atoms with Crippen molar-refractivity contribution < 1.29 is 54.5 Å². The summed E-state index contributed by atoms with van der Waals surface area (Å²) in [5.41, 5.74) is 1.16. The van der Waals surface area contributed by atoms with Gasteiger partial charge in [0.25, 0.3) is 0 Å². The molecule has 4 rings (SSSR count). The second-order valence-electron chi connectivity index (χ2n) is 6.97. The number of benzene rings is 2. The summed E-state index contributed by atoms with van der Waals surface area (Å²) < 4.78 is 7.15. The normalized spacial score (nSPS) is 16.7. The molecular formula is C21H21I2NaO5. The predicted octanol–water partition coefficient (Wildman–Crippen LogP) is 1.73. The first-order chi connectivity index (χ1) is 12.8. The molecule has 0 radical (unpaired) electrons. The number of carboxylic acid groups (broad SMARTS) is 1. The third-order valence-electron chi connectivity index (χ3n) is 5.28. The molecule has 2 fully saturated rings. The smallest absolute Gasteiger partial charge is 0.870 e. The van der Waals surface area contributed by atoms with Crippen LogP contribution < -0.4 is 29.6 Å². The Balaban J connectivity index is 0.000000272. The molecule has 2 aliphatic rings. The van der Waals surface area contributed by atoms with E-state index in [0.717, 1.165) is 40.4 Å². The van der Waals surface area contributed by atoms with Crippen molar-refractivity contribution >= 4 is 57.1 Å². The maximum Gasteiger partial charge on any atom is 1.00 e. The number of aliphatic carboxylic acids is 1. The molecule has 2 saturated carbocycles. The van der Waals surface area contributed by atoms with E-state index in [9.17, 15) is 9.59 Å². The Morgan fingerprint density at radius 2 is 1.17 bits per heavy atom. The SMILES string of the molecule is COC(=O)C1(c2ccc(I)cc2)CC1.O=C(O)C1(c2ccc(I)cc2)CC1.[Na+].[OH-]. The molecule has 29 heavy (non-hydrogen) atoms. The Kier molecular flexibility index (Phi) is 10.1. The van der Waals surface area contributed by atoms with Crippen LogP contribution in [0.3, 0.4) is 0 Å². The molecule has 8 heteroatoms. The third-order valence-corrected chi connectivity index (χ3v) is 6.72. The van der Waals surface area contributed by atoms with Crippen molar-refractivity contribution in [2.75, 3.05) is 7.11 Å². The average molecular weight is 630 g/mol. The summed E-state index contributed by atoms with van der Waals surface area (Å²) in [6.07, 6.45) is 3.40. The number of ether oxygens (including phenoxy) is 1. The van der Waals surface area contributed by atoms with Crippen molar-refractivity contribution in [2.45, 2.75) is 36.5 Å². The average Bonchev–Trinajstić information content (AvgIpc) is 3.56. The fourth-order valence-corrected chi connectivity index (χ4v) is 3.94. The Bertz CT molecular complexity index is 844. The molecule has 5 nitrogen and oxygen atoms in total. The van der Waals surface area contributed by atoms with Gasteiger partial charge in [0, 0.05) is 7.14 Å². The minimum Gasteiger partial charge on any atom is -0.870 e. The minimum absolute atomic E-state index is 0. The number of rotatable bonds is 4. The fraction of sp³-hybridized carbons (Fsp3) is 0.333. The first kappa shape index (κ1) is 26.8. The van der Waals surface area contributed by atoms with Gasteiger partial charge in [0.15, 0.2) is 0 Å². The van der Waals surface area contributed by atoms with Crippen molar-refractivity contribution in [1.29, 1.82) is 0 Å². The monoisotopic (exact) mass is 630 g/mol. The third kappa shape index (κ3) is 5.94. The second-order valence-corrected chi connectivity index (χ2v) is 9.47. The maximum atomic E-state index is 11.6. The standard InChI is InChI=1S/C11H11IO2.C10H9IO2.Na.H2O/c1-14-10(13)11(6-7-11)8-2-4-9(12)5-3-8;11-8-3-1-7(2-4-8)10(5-6-10)9(12)13;;/h2-5H,6-7H2,1H3;1-4H,5-6H2,(H,12,13);;1H2/q;;+1;/p-1. The van der Waals surface area contributed by atoms with Gasteiger partial charge >= 0.3 is 41.5 Å². The Morgan fingerprint density at radius 3 is 1.45 bits per heavy atom. The van der Waals surface area contributed by atoms with E-state index in [4.69, 9.17) is 9.84 Å². The van der Waals surface area contributed by atoms with E-state index >= 15 is 0 Å². The summed E-state index contributed by atoms with van der Waals surface area (Å²) in [7, 11) is 1.45. The Hall–Kier alpha value is -0.200. The van der Waals surface area contributed by atoms with Crippen LogP contribution in [0.4, 0.5) is 0 Å². The van der Waals surface area contributed by atoms with Crippen molar-refractivity contribution in [1.82, 2.24) is 0 Å². The molecule has 0 saturated heterocycles. The van der Waals surface area contributed by atoms with Gasteiger partial charge in [-0.25, -0.2) is 0 Å². The molecular weight excluding hydrogens is 609 g/mol. The van der Waals surface area contributed by atoms with Gasteiger partial charge in [-0.2, -0.15) is 0 Å². The first-order valence-corrected chi connectivity index (χ1v) is 10.8. The van der Waals surface area contributed by atoms with Gasteiger partial charge in [0.2, 0.25) is 0 Å². The van der Waals surface area contributed by atoms with E-state index in [1.165, 1.54) is 10.7 Å². The summed E-state index contributed by atoms with van der Waals surface area (Å²) in [4.78, 5) is 22.5. The maximum absolute atomic E-state index is 11.6. The number of hydrogen-bond donors (Lipinski definition) is 1. The zero-order valence-electron chi connectivity index (χ0n) is 16.3. The van der Waals surface area contributed by atoms with Crippen LogP contribution in [0.15, 0.2) is 48.5 Å². The molecule has 0 unspecified atom stereocenters. The van der Waals surface area contributed by atoms with E-state index in [1.54, 1.807) is 0 Å². The number of methoxy groups -OCH3 is 1. The topological polar surface area (TPSA) is 93.6 Å².